The predicted octanol–water partition coefficient (Wildman–Crippen LogP) is 4.31. The number of benzene rings is 1. The average molecular weight is 800 g/mol. The van der Waals surface area contributed by atoms with Crippen LogP contribution in [0.3, 0.4) is 0 Å². The second kappa shape index (κ2) is 15.6. The predicted molar refractivity (Wildman–Crippen MR) is 214 cm³/mol. The third-order valence-corrected chi connectivity index (χ3v) is 12.2. The van der Waals surface area contributed by atoms with Crippen molar-refractivity contribution in [2.75, 3.05) is 37.5 Å². The molecule has 1 saturated carbocycles. The maximum absolute atomic E-state index is 12.8. The molecule has 2 fully saturated rings. The lowest BCUT2D eigenvalue weighted by Gasteiger charge is -2.35. The van der Waals surface area contributed by atoms with Crippen LogP contribution in [0.1, 0.15) is 42.7 Å². The number of aromatic nitrogens is 8. The number of anilines is 1. The van der Waals surface area contributed by atoms with Crippen LogP contribution in [-0.4, -0.2) is 99.4 Å². The maximum Gasteiger partial charge on any atom is 0.284 e. The standard InChI is InChI=1S/C20H24N6O2S.C18H18ClN5O3/c1-13-12-28-10-9-26(13)17-11-16(20(5-6-20)29(2,21)27)24-19(25-17)15-4-8-23-18-14(15)3-7-22-18;1-11(10-25)21-17(26)15-7-16(12-3-5-13(19)6-4-12)22-24(18(15)27)14-8-20-23(2)9-14/h3-4,7-8,11,13,21H,5-6,9-10,12H2,1-2H3,(H,22,23);3-9,11,25H,10H2,1-2H3,(H,21,26). The molecule has 6 heterocycles. The van der Waals surface area contributed by atoms with E-state index in [1.807, 2.05) is 24.4 Å². The van der Waals surface area contributed by atoms with Gasteiger partial charge >= 0.3 is 0 Å². The van der Waals surface area contributed by atoms with Crippen molar-refractivity contribution in [3.8, 4) is 28.3 Å². The molecule has 1 saturated heterocycles. The summed E-state index contributed by atoms with van der Waals surface area (Å²) in [5.41, 5.74) is 3.25. The number of aliphatic hydroxyl groups is 1. The number of aromatic amines is 1. The highest BCUT2D eigenvalue weighted by atomic mass is 35.5. The van der Waals surface area contributed by atoms with Crippen molar-refractivity contribution in [2.45, 2.75) is 43.5 Å². The molecular weight excluding hydrogens is 758 g/mol. The molecule has 8 rings (SSSR count). The number of nitrogens with zero attached hydrogens (tertiary/aromatic N) is 8. The minimum atomic E-state index is -2.79. The fourth-order valence-corrected chi connectivity index (χ4v) is 8.09. The summed E-state index contributed by atoms with van der Waals surface area (Å²) in [5, 5.41) is 21.7. The highest BCUT2D eigenvalue weighted by molar-refractivity contribution is 7.93. The Morgan fingerprint density at radius 3 is 2.62 bits per heavy atom. The van der Waals surface area contributed by atoms with Gasteiger partial charge in [-0.05, 0) is 57.0 Å². The third kappa shape index (κ3) is 7.80. The normalized spacial score (nSPS) is 17.8. The minimum absolute atomic E-state index is 0.0842. The number of aliphatic hydroxyl groups excluding tert-OH is 1. The number of carbonyl (C=O) groups excluding carboxylic acids is 1. The molecule has 0 spiro atoms. The molecule has 2 aliphatic rings. The maximum atomic E-state index is 12.8. The van der Waals surface area contributed by atoms with E-state index in [4.69, 9.17) is 36.2 Å². The quantitative estimate of drug-likeness (QED) is 0.162. The van der Waals surface area contributed by atoms with Gasteiger partial charge in [-0.25, -0.2) is 19.2 Å². The van der Waals surface area contributed by atoms with Crippen molar-refractivity contribution in [3.63, 3.8) is 0 Å². The Labute approximate surface area is 327 Å². The minimum Gasteiger partial charge on any atom is -0.394 e. The van der Waals surface area contributed by atoms with Crippen LogP contribution in [0.4, 0.5) is 5.82 Å². The number of morpholine rings is 1. The molecule has 6 aromatic rings. The van der Waals surface area contributed by atoms with Crippen molar-refractivity contribution in [1.29, 1.82) is 4.78 Å². The van der Waals surface area contributed by atoms with Crippen molar-refractivity contribution in [3.05, 3.63) is 100.0 Å². The Hall–Kier alpha value is -5.49. The van der Waals surface area contributed by atoms with Gasteiger partial charge in [0.15, 0.2) is 5.82 Å². The summed E-state index contributed by atoms with van der Waals surface area (Å²) in [6.07, 6.45) is 9.65. The monoisotopic (exact) mass is 799 g/mol. The number of ether oxygens (including phenoxy) is 1. The molecule has 4 N–H and O–H groups in total. The van der Waals surface area contributed by atoms with E-state index >= 15 is 0 Å². The molecule has 3 atom stereocenters. The van der Waals surface area contributed by atoms with E-state index in [1.165, 1.54) is 23.2 Å². The molecule has 5 aromatic heterocycles. The molecule has 56 heavy (non-hydrogen) atoms. The van der Waals surface area contributed by atoms with E-state index in [-0.39, 0.29) is 18.2 Å². The molecule has 18 heteroatoms. The van der Waals surface area contributed by atoms with Gasteiger partial charge in [0.05, 0.1) is 64.1 Å². The van der Waals surface area contributed by atoms with Gasteiger partial charge in [0.2, 0.25) is 0 Å². The summed E-state index contributed by atoms with van der Waals surface area (Å²) in [7, 11) is -1.07. The van der Waals surface area contributed by atoms with Gasteiger partial charge in [-0.3, -0.25) is 19.1 Å². The molecule has 3 unspecified atom stereocenters. The first kappa shape index (κ1) is 38.8. The van der Waals surface area contributed by atoms with E-state index in [2.05, 4.69) is 37.3 Å². The van der Waals surface area contributed by atoms with Crippen LogP contribution in [0.15, 0.2) is 78.1 Å². The molecule has 0 bridgehead atoms. The first-order valence-corrected chi connectivity index (χ1v) is 20.3. The number of hydrogen-bond acceptors (Lipinski definition) is 12. The first-order chi connectivity index (χ1) is 26.8. The fraction of sp³-hybridized carbons (Fsp3) is 0.342. The summed E-state index contributed by atoms with van der Waals surface area (Å²) in [6.45, 7) is 5.53. The number of nitrogens with one attached hydrogen (secondary N) is 3. The lowest BCUT2D eigenvalue weighted by Crippen LogP contribution is -2.44. The zero-order chi connectivity index (χ0) is 39.8. The first-order valence-electron chi connectivity index (χ1n) is 18.0. The van der Waals surface area contributed by atoms with Crippen LogP contribution in [0, 0.1) is 4.78 Å². The van der Waals surface area contributed by atoms with Gasteiger partial charge in [-0.1, -0.05) is 23.7 Å². The lowest BCUT2D eigenvalue weighted by molar-refractivity contribution is 0.0920. The second-order valence-electron chi connectivity index (χ2n) is 14.1. The van der Waals surface area contributed by atoms with Crippen LogP contribution in [0.5, 0.6) is 0 Å². The molecule has 1 aliphatic carbocycles. The van der Waals surface area contributed by atoms with Gasteiger partial charge in [0.25, 0.3) is 11.5 Å². The van der Waals surface area contributed by atoms with E-state index < -0.39 is 32.0 Å². The van der Waals surface area contributed by atoms with Crippen LogP contribution in [0.25, 0.3) is 39.4 Å². The van der Waals surface area contributed by atoms with E-state index in [0.717, 1.165) is 46.5 Å². The summed E-state index contributed by atoms with van der Waals surface area (Å²) >= 11 is 5.93. The Morgan fingerprint density at radius 1 is 1.20 bits per heavy atom. The van der Waals surface area contributed by atoms with Gasteiger partial charge < -0.3 is 25.0 Å². The van der Waals surface area contributed by atoms with E-state index in [0.29, 0.717) is 46.7 Å². The van der Waals surface area contributed by atoms with Gasteiger partial charge in [-0.15, -0.1) is 0 Å². The number of halogens is 1. The average Bonchev–Trinajstić information content (AvgIpc) is 3.69. The number of fused-ring (bicyclic) bond motifs is 1. The summed E-state index contributed by atoms with van der Waals surface area (Å²) < 4.78 is 28.7. The highest BCUT2D eigenvalue weighted by Gasteiger charge is 2.53. The summed E-state index contributed by atoms with van der Waals surface area (Å²) in [5.74, 6) is 0.797. The molecule has 1 amide bonds. The number of carbonyl (C=O) groups is 1. The number of hydrogen-bond donors (Lipinski definition) is 4. The Morgan fingerprint density at radius 2 is 1.96 bits per heavy atom. The molecular formula is C38H42ClN11O5S. The fourth-order valence-electron chi connectivity index (χ4n) is 6.58. The SMILES string of the molecule is CC(CO)NC(=O)c1cc(-c2ccc(Cl)cc2)nn(-c2cnn(C)c2)c1=O.CC1COCCN1c1cc(C2(S(C)(=N)=O)CC2)nc(-c2ccnc3[nH]ccc23)n1. The van der Waals surface area contributed by atoms with Crippen molar-refractivity contribution < 1.29 is 18.8 Å². The Balaban J connectivity index is 0.000000172. The van der Waals surface area contributed by atoms with Crippen LogP contribution < -0.4 is 15.8 Å². The van der Waals surface area contributed by atoms with Gasteiger partial charge in [0.1, 0.15) is 22.7 Å². The number of rotatable bonds is 9. The Kier molecular flexibility index (Phi) is 10.8. The topological polar surface area (TPSA) is 210 Å². The second-order valence-corrected chi connectivity index (χ2v) is 17.0. The van der Waals surface area contributed by atoms with Crippen LogP contribution >= 0.6 is 11.6 Å². The zero-order valence-electron chi connectivity index (χ0n) is 31.3. The van der Waals surface area contributed by atoms with Crippen LogP contribution in [-0.2, 0) is 26.3 Å². The van der Waals surface area contributed by atoms with Crippen molar-refractivity contribution in [1.82, 2.24) is 44.8 Å². The molecule has 0 radical (unpaired) electrons. The smallest absolute Gasteiger partial charge is 0.284 e. The highest BCUT2D eigenvalue weighted by Crippen LogP contribution is 2.52. The molecule has 16 nitrogen and oxygen atoms in total. The molecule has 292 valence electrons. The largest absolute Gasteiger partial charge is 0.394 e. The Bertz CT molecular complexity index is 2570. The number of H-pyrrole nitrogens is 1. The molecule has 1 aliphatic heterocycles. The van der Waals surface area contributed by atoms with Crippen LogP contribution in [0.2, 0.25) is 5.02 Å². The van der Waals surface area contributed by atoms with E-state index in [9.17, 15) is 13.8 Å². The van der Waals surface area contributed by atoms with Gasteiger partial charge in [0, 0.05) is 65.9 Å². The number of aryl methyl sites for hydroxylation is 1. The number of pyridine rings is 1. The lowest BCUT2D eigenvalue weighted by atomic mass is 10.1. The third-order valence-electron chi connectivity index (χ3n) is 9.88. The summed E-state index contributed by atoms with van der Waals surface area (Å²) in [6, 6.07) is 13.8. The zero-order valence-corrected chi connectivity index (χ0v) is 32.8. The van der Waals surface area contributed by atoms with Crippen molar-refractivity contribution in [2.24, 2.45) is 7.05 Å². The van der Waals surface area contributed by atoms with Crippen molar-refractivity contribution >= 4 is 44.1 Å². The summed E-state index contributed by atoms with van der Waals surface area (Å²) in [4.78, 5) is 44.8. The number of amides is 1. The van der Waals surface area contributed by atoms with Gasteiger partial charge in [-0.2, -0.15) is 14.9 Å². The molecule has 1 aromatic carbocycles. The van der Waals surface area contributed by atoms with E-state index in [1.54, 1.807) is 50.6 Å².